The normalized spacial score (nSPS) is 21.1. The average molecular weight is 657 g/mol. The summed E-state index contributed by atoms with van der Waals surface area (Å²) in [6.45, 7) is 2.39. The van der Waals surface area contributed by atoms with Gasteiger partial charge in [0, 0.05) is 30.4 Å². The molecule has 7 N–H and O–H groups in total. The number of rotatable bonds is 28. The number of carbonyl (C=O) groups excluding carboxylic acids is 3. The molecule has 4 amide bonds. The first-order valence-electron chi connectivity index (χ1n) is 18.1. The number of amides is 4. The predicted octanol–water partition coefficient (Wildman–Crippen LogP) is 4.68. The van der Waals surface area contributed by atoms with E-state index in [1.807, 2.05) is 11.8 Å². The van der Waals surface area contributed by atoms with Crippen LogP contribution in [0.3, 0.4) is 0 Å². The lowest BCUT2D eigenvalue weighted by atomic mass is 9.99. The number of thioether (sulfide) groups is 1. The van der Waals surface area contributed by atoms with Gasteiger partial charge in [-0.25, -0.2) is 4.79 Å². The van der Waals surface area contributed by atoms with Crippen molar-refractivity contribution in [3.63, 3.8) is 0 Å². The van der Waals surface area contributed by atoms with Crippen molar-refractivity contribution >= 4 is 29.6 Å². The van der Waals surface area contributed by atoms with Gasteiger partial charge in [-0.15, -0.1) is 0 Å². The predicted molar refractivity (Wildman–Crippen MR) is 182 cm³/mol. The molecule has 11 heteroatoms. The summed E-state index contributed by atoms with van der Waals surface area (Å²) in [4.78, 5) is 36.0. The molecule has 0 aromatic carbocycles. The van der Waals surface area contributed by atoms with Gasteiger partial charge in [-0.2, -0.15) is 11.8 Å². The first-order valence-corrected chi connectivity index (χ1v) is 19.1. The Hall–Kier alpha value is -1.56. The summed E-state index contributed by atoms with van der Waals surface area (Å²) in [5.41, 5.74) is 0. The third kappa shape index (κ3) is 17.2. The van der Waals surface area contributed by atoms with Crippen LogP contribution in [0.15, 0.2) is 0 Å². The van der Waals surface area contributed by atoms with Crippen LogP contribution in [0.1, 0.15) is 142 Å². The molecular formula is C34H64N4O6S. The lowest BCUT2D eigenvalue weighted by Crippen LogP contribution is -2.50. The Morgan fingerprint density at radius 1 is 0.822 bits per heavy atom. The van der Waals surface area contributed by atoms with Crippen LogP contribution >= 0.6 is 11.8 Å². The van der Waals surface area contributed by atoms with E-state index in [1.165, 1.54) is 57.8 Å². The monoisotopic (exact) mass is 656 g/mol. The minimum Gasteiger partial charge on any atom is -0.394 e. The van der Waals surface area contributed by atoms with E-state index >= 15 is 0 Å². The van der Waals surface area contributed by atoms with Crippen LogP contribution in [-0.4, -0.2) is 87.7 Å². The summed E-state index contributed by atoms with van der Waals surface area (Å²) in [7, 11) is 0. The Labute approximate surface area is 276 Å². The van der Waals surface area contributed by atoms with Gasteiger partial charge in [0.25, 0.3) is 0 Å². The molecule has 0 radical (unpaired) electrons. The van der Waals surface area contributed by atoms with Crippen LogP contribution in [0.25, 0.3) is 0 Å². The molecule has 2 aliphatic heterocycles. The Balaban J connectivity index is 1.41. The summed E-state index contributed by atoms with van der Waals surface area (Å²) in [6.07, 6.45) is 18.8. The van der Waals surface area contributed by atoms with Crippen LogP contribution < -0.4 is 21.3 Å². The van der Waals surface area contributed by atoms with Gasteiger partial charge in [0.2, 0.25) is 11.8 Å². The first kappa shape index (κ1) is 39.6. The molecule has 6 unspecified atom stereocenters. The van der Waals surface area contributed by atoms with E-state index in [1.54, 1.807) is 0 Å². The fourth-order valence-corrected chi connectivity index (χ4v) is 7.87. The molecular weight excluding hydrogens is 592 g/mol. The van der Waals surface area contributed by atoms with Gasteiger partial charge in [-0.1, -0.05) is 96.8 Å². The molecule has 2 fully saturated rings. The van der Waals surface area contributed by atoms with Gasteiger partial charge in [0.05, 0.1) is 30.8 Å². The number of fused-ring (bicyclic) bond motifs is 1. The zero-order chi connectivity index (χ0) is 32.7. The Bertz CT molecular complexity index is 822. The second-order valence-corrected chi connectivity index (χ2v) is 14.4. The van der Waals surface area contributed by atoms with Gasteiger partial charge >= 0.3 is 6.03 Å². The minimum atomic E-state index is -1.20. The Morgan fingerprint density at radius 3 is 2.09 bits per heavy atom. The van der Waals surface area contributed by atoms with E-state index in [-0.39, 0.29) is 36.3 Å². The van der Waals surface area contributed by atoms with Crippen molar-refractivity contribution in [2.45, 2.75) is 177 Å². The lowest BCUT2D eigenvalue weighted by molar-refractivity contribution is -0.124. The quantitative estimate of drug-likeness (QED) is 0.0476. The fourth-order valence-electron chi connectivity index (χ4n) is 6.33. The molecule has 6 atom stereocenters. The summed E-state index contributed by atoms with van der Waals surface area (Å²) in [5, 5.41) is 42.6. The van der Waals surface area contributed by atoms with Crippen LogP contribution in [-0.2, 0) is 9.59 Å². The van der Waals surface area contributed by atoms with Crippen LogP contribution in [0.4, 0.5) is 4.79 Å². The molecule has 0 bridgehead atoms. The van der Waals surface area contributed by atoms with E-state index in [0.29, 0.717) is 31.1 Å². The number of nitrogens with one attached hydrogen (secondary N) is 4. The van der Waals surface area contributed by atoms with Crippen molar-refractivity contribution in [3.05, 3.63) is 0 Å². The highest BCUT2D eigenvalue weighted by Gasteiger charge is 2.42. The minimum absolute atomic E-state index is 0.0439. The van der Waals surface area contributed by atoms with E-state index < -0.39 is 24.9 Å². The molecule has 0 aromatic rings. The zero-order valence-electron chi connectivity index (χ0n) is 27.9. The van der Waals surface area contributed by atoms with Gasteiger partial charge < -0.3 is 36.6 Å². The standard InChI is InChI=1S/C34H64N4O6S/c1-2-3-4-5-6-7-8-9-10-11-12-14-19-28(40)33(43)26(24-39)36-31(42)22-15-13-18-23-35-30(41)21-17-16-20-29-32-27(25-45-29)37-34(44)38-32/h26-29,32-33,39-40,43H,2-25H2,1H3,(H,35,41)(H,36,42)(H2,37,38,44). The summed E-state index contributed by atoms with van der Waals surface area (Å²) >= 11 is 1.89. The second-order valence-electron chi connectivity index (χ2n) is 13.1. The lowest BCUT2D eigenvalue weighted by Gasteiger charge is -2.26. The number of carbonyl (C=O) groups is 3. The molecule has 2 heterocycles. The largest absolute Gasteiger partial charge is 0.394 e. The van der Waals surface area contributed by atoms with Crippen molar-refractivity contribution in [2.75, 3.05) is 18.9 Å². The highest BCUT2D eigenvalue weighted by atomic mass is 32.2. The third-order valence-electron chi connectivity index (χ3n) is 9.19. The number of aliphatic hydroxyl groups excluding tert-OH is 3. The summed E-state index contributed by atoms with van der Waals surface area (Å²) in [5.74, 6) is 0.736. The number of aliphatic hydroxyl groups is 3. The van der Waals surface area contributed by atoms with Crippen LogP contribution in [0.5, 0.6) is 0 Å². The molecule has 0 saturated carbocycles. The number of urea groups is 1. The summed E-state index contributed by atoms with van der Waals surface area (Å²) < 4.78 is 0. The van der Waals surface area contributed by atoms with Crippen molar-refractivity contribution in [1.82, 2.24) is 21.3 Å². The molecule has 2 saturated heterocycles. The maximum atomic E-state index is 12.4. The average Bonchev–Trinajstić information content (AvgIpc) is 3.58. The van der Waals surface area contributed by atoms with Crippen molar-refractivity contribution in [1.29, 1.82) is 0 Å². The molecule has 2 rings (SSSR count). The maximum absolute atomic E-state index is 12.4. The number of unbranched alkanes of at least 4 members (excludes halogenated alkanes) is 14. The van der Waals surface area contributed by atoms with Crippen molar-refractivity contribution in [2.24, 2.45) is 0 Å². The molecule has 0 aromatic heterocycles. The van der Waals surface area contributed by atoms with Crippen molar-refractivity contribution in [3.8, 4) is 0 Å². The fraction of sp³-hybridized carbons (Fsp3) is 0.912. The van der Waals surface area contributed by atoms with Crippen molar-refractivity contribution < 1.29 is 29.7 Å². The Morgan fingerprint density at radius 2 is 1.42 bits per heavy atom. The molecule has 262 valence electrons. The van der Waals surface area contributed by atoms with E-state index in [9.17, 15) is 29.7 Å². The SMILES string of the molecule is CCCCCCCCCCCCCCC(O)C(O)C(CO)NC(=O)CCCCCNC(=O)CCCCC1SCC2NC(=O)NC21. The van der Waals surface area contributed by atoms with Crippen LogP contribution in [0, 0.1) is 0 Å². The second kappa shape index (κ2) is 24.6. The Kier molecular flexibility index (Phi) is 21.7. The molecule has 2 aliphatic rings. The third-order valence-corrected chi connectivity index (χ3v) is 10.7. The number of hydrogen-bond acceptors (Lipinski definition) is 7. The molecule has 0 aliphatic carbocycles. The zero-order valence-corrected chi connectivity index (χ0v) is 28.7. The topological polar surface area (TPSA) is 160 Å². The van der Waals surface area contributed by atoms with Gasteiger partial charge in [-0.3, -0.25) is 9.59 Å². The van der Waals surface area contributed by atoms with E-state index in [4.69, 9.17) is 0 Å². The molecule has 0 spiro atoms. The highest BCUT2D eigenvalue weighted by Crippen LogP contribution is 2.33. The van der Waals surface area contributed by atoms with Gasteiger partial charge in [-0.05, 0) is 32.1 Å². The van der Waals surface area contributed by atoms with E-state index in [0.717, 1.165) is 57.1 Å². The van der Waals surface area contributed by atoms with Crippen LogP contribution in [0.2, 0.25) is 0 Å². The summed E-state index contributed by atoms with van der Waals surface area (Å²) in [6, 6.07) is -0.514. The van der Waals surface area contributed by atoms with Gasteiger partial charge in [0.1, 0.15) is 6.10 Å². The van der Waals surface area contributed by atoms with E-state index in [2.05, 4.69) is 28.2 Å². The molecule has 45 heavy (non-hydrogen) atoms. The highest BCUT2D eigenvalue weighted by molar-refractivity contribution is 8.00. The first-order chi connectivity index (χ1) is 21.8. The maximum Gasteiger partial charge on any atom is 0.315 e. The smallest absolute Gasteiger partial charge is 0.315 e. The molecule has 10 nitrogen and oxygen atoms in total. The number of hydrogen-bond donors (Lipinski definition) is 7. The van der Waals surface area contributed by atoms with Gasteiger partial charge in [0.15, 0.2) is 0 Å².